The molecule has 0 bridgehead atoms. The molecule has 1 N–H and O–H groups in total. The first kappa shape index (κ1) is 15.2. The largest absolute Gasteiger partial charge is 0.377 e. The number of nitrogens with one attached hydrogen (secondary N) is 1. The van der Waals surface area contributed by atoms with Crippen molar-refractivity contribution in [2.75, 3.05) is 13.2 Å². The van der Waals surface area contributed by atoms with E-state index in [9.17, 15) is 4.79 Å². The van der Waals surface area contributed by atoms with Gasteiger partial charge in [-0.05, 0) is 40.0 Å². The van der Waals surface area contributed by atoms with Gasteiger partial charge in [0.2, 0.25) is 0 Å². The number of halogens is 1. The second kappa shape index (κ2) is 8.19. The van der Waals surface area contributed by atoms with Crippen LogP contribution in [0.3, 0.4) is 0 Å². The molecule has 0 aliphatic heterocycles. The molecule has 1 aromatic carbocycles. The molecule has 1 amide bonds. The van der Waals surface area contributed by atoms with Crippen molar-refractivity contribution in [3.63, 3.8) is 0 Å². The normalized spacial score (nSPS) is 10.4. The van der Waals surface area contributed by atoms with Gasteiger partial charge in [0.1, 0.15) is 0 Å². The average molecular weight is 354 g/mol. The molecule has 2 aromatic rings. The van der Waals surface area contributed by atoms with Crippen molar-refractivity contribution in [3.8, 4) is 0 Å². The smallest absolute Gasteiger partial charge is 0.261 e. The Kier molecular flexibility index (Phi) is 6.24. The van der Waals surface area contributed by atoms with Crippen LogP contribution in [0.15, 0.2) is 46.3 Å². The lowest BCUT2D eigenvalue weighted by Gasteiger charge is -2.05. The van der Waals surface area contributed by atoms with Crippen LogP contribution in [0.25, 0.3) is 0 Å². The summed E-state index contributed by atoms with van der Waals surface area (Å²) in [6.45, 7) is 1.89. The molecule has 5 heteroatoms. The summed E-state index contributed by atoms with van der Waals surface area (Å²) >= 11 is 4.78. The maximum Gasteiger partial charge on any atom is 0.261 e. The number of carbonyl (C=O) groups excluding carboxylic acids is 1. The first-order valence-electron chi connectivity index (χ1n) is 6.41. The minimum atomic E-state index is -0.0243. The van der Waals surface area contributed by atoms with Crippen molar-refractivity contribution < 1.29 is 9.53 Å². The molecule has 2 rings (SSSR count). The third-order valence-corrected chi connectivity index (χ3v) is 4.28. The van der Waals surface area contributed by atoms with Gasteiger partial charge in [0, 0.05) is 13.2 Å². The molecule has 3 nitrogen and oxygen atoms in total. The molecule has 0 radical (unpaired) electrons. The van der Waals surface area contributed by atoms with Crippen LogP contribution < -0.4 is 5.32 Å². The molecule has 0 saturated heterocycles. The van der Waals surface area contributed by atoms with E-state index < -0.39 is 0 Å². The van der Waals surface area contributed by atoms with E-state index in [4.69, 9.17) is 4.74 Å². The predicted molar refractivity (Wildman–Crippen MR) is 85.1 cm³/mol. The van der Waals surface area contributed by atoms with Gasteiger partial charge >= 0.3 is 0 Å². The van der Waals surface area contributed by atoms with Crippen molar-refractivity contribution in [3.05, 3.63) is 56.7 Å². The highest BCUT2D eigenvalue weighted by Gasteiger charge is 2.06. The molecule has 1 heterocycles. The number of rotatable bonds is 7. The molecule has 106 valence electrons. The maximum absolute atomic E-state index is 11.7. The molecule has 0 spiro atoms. The summed E-state index contributed by atoms with van der Waals surface area (Å²) in [7, 11) is 0. The van der Waals surface area contributed by atoms with Crippen molar-refractivity contribution in [2.24, 2.45) is 0 Å². The first-order valence-corrected chi connectivity index (χ1v) is 8.02. The van der Waals surface area contributed by atoms with Crippen LogP contribution in [-0.2, 0) is 11.3 Å². The second-order valence-electron chi connectivity index (χ2n) is 4.25. The van der Waals surface area contributed by atoms with Crippen LogP contribution in [0.2, 0.25) is 0 Å². The number of ether oxygens (including phenoxy) is 1. The molecule has 0 unspecified atom stereocenters. The number of carbonyl (C=O) groups is 1. The molecule has 1 aromatic heterocycles. The topological polar surface area (TPSA) is 38.3 Å². The molecule has 0 fully saturated rings. The number of amides is 1. The van der Waals surface area contributed by atoms with E-state index in [0.717, 1.165) is 15.1 Å². The summed E-state index contributed by atoms with van der Waals surface area (Å²) in [5, 5.41) is 2.88. The summed E-state index contributed by atoms with van der Waals surface area (Å²) in [6.07, 6.45) is 0.811. The van der Waals surface area contributed by atoms with Crippen LogP contribution in [0.5, 0.6) is 0 Å². The summed E-state index contributed by atoms with van der Waals surface area (Å²) in [5.41, 5.74) is 1.17. The van der Waals surface area contributed by atoms with Gasteiger partial charge in [-0.15, -0.1) is 11.3 Å². The molecule has 0 aliphatic carbocycles. The standard InChI is InChI=1S/C15H16BrNO2S/c16-14-8-7-13(20-14)15(18)17-9-4-10-19-11-12-5-2-1-3-6-12/h1-3,5-8H,4,9-11H2,(H,17,18). The minimum Gasteiger partial charge on any atom is -0.377 e. The number of hydrogen-bond donors (Lipinski definition) is 1. The van der Waals surface area contributed by atoms with Crippen LogP contribution in [-0.4, -0.2) is 19.1 Å². The van der Waals surface area contributed by atoms with Gasteiger partial charge in [0.05, 0.1) is 15.3 Å². The van der Waals surface area contributed by atoms with Gasteiger partial charge in [-0.25, -0.2) is 0 Å². The number of thiophene rings is 1. The van der Waals surface area contributed by atoms with Crippen LogP contribution >= 0.6 is 27.3 Å². The van der Waals surface area contributed by atoms with Crippen molar-refractivity contribution in [1.29, 1.82) is 0 Å². The fraction of sp³-hybridized carbons (Fsp3) is 0.267. The Morgan fingerprint density at radius 3 is 2.70 bits per heavy atom. The lowest BCUT2D eigenvalue weighted by molar-refractivity contribution is 0.0938. The third kappa shape index (κ3) is 5.07. The Balaban J connectivity index is 1.57. The van der Waals surface area contributed by atoms with Crippen molar-refractivity contribution >= 4 is 33.2 Å². The van der Waals surface area contributed by atoms with Crippen LogP contribution in [0.4, 0.5) is 0 Å². The van der Waals surface area contributed by atoms with Crippen LogP contribution in [0, 0.1) is 0 Å². The quantitative estimate of drug-likeness (QED) is 0.767. The van der Waals surface area contributed by atoms with E-state index in [0.29, 0.717) is 19.8 Å². The van der Waals surface area contributed by atoms with Crippen molar-refractivity contribution in [1.82, 2.24) is 5.32 Å². The summed E-state index contributed by atoms with van der Waals surface area (Å²) in [5.74, 6) is -0.0243. The highest BCUT2D eigenvalue weighted by molar-refractivity contribution is 9.11. The van der Waals surface area contributed by atoms with Gasteiger partial charge in [-0.3, -0.25) is 4.79 Å². The highest BCUT2D eigenvalue weighted by Crippen LogP contribution is 2.21. The fourth-order valence-electron chi connectivity index (χ4n) is 1.66. The molecule has 0 aliphatic rings. The van der Waals surface area contributed by atoms with Gasteiger partial charge in [0.15, 0.2) is 0 Å². The Morgan fingerprint density at radius 1 is 1.20 bits per heavy atom. The van der Waals surface area contributed by atoms with E-state index in [1.807, 2.05) is 42.5 Å². The second-order valence-corrected chi connectivity index (χ2v) is 6.71. The Bertz CT molecular complexity index is 542. The lowest BCUT2D eigenvalue weighted by atomic mass is 10.2. The zero-order chi connectivity index (χ0) is 14.2. The van der Waals surface area contributed by atoms with Gasteiger partial charge in [0.25, 0.3) is 5.91 Å². The minimum absolute atomic E-state index is 0.0243. The Labute approximate surface area is 131 Å². The highest BCUT2D eigenvalue weighted by atomic mass is 79.9. The van der Waals surface area contributed by atoms with E-state index in [1.54, 1.807) is 0 Å². The molecular formula is C15H16BrNO2S. The Morgan fingerprint density at radius 2 is 2.00 bits per heavy atom. The monoisotopic (exact) mass is 353 g/mol. The maximum atomic E-state index is 11.7. The van der Waals surface area contributed by atoms with Gasteiger partial charge in [-0.1, -0.05) is 30.3 Å². The molecule has 0 saturated carbocycles. The fourth-order valence-corrected chi connectivity index (χ4v) is 2.97. The molecule has 0 atom stereocenters. The van der Waals surface area contributed by atoms with Crippen LogP contribution in [0.1, 0.15) is 21.7 Å². The number of hydrogen-bond acceptors (Lipinski definition) is 3. The predicted octanol–water partition coefficient (Wildman–Crippen LogP) is 3.85. The summed E-state index contributed by atoms with van der Waals surface area (Å²) < 4.78 is 6.52. The van der Waals surface area contributed by atoms with Gasteiger partial charge < -0.3 is 10.1 Å². The average Bonchev–Trinajstić information content (AvgIpc) is 2.90. The zero-order valence-electron chi connectivity index (χ0n) is 11.0. The molecule has 20 heavy (non-hydrogen) atoms. The van der Waals surface area contributed by atoms with E-state index in [1.165, 1.54) is 16.9 Å². The first-order chi connectivity index (χ1) is 9.75. The third-order valence-electron chi connectivity index (χ3n) is 2.66. The van der Waals surface area contributed by atoms with E-state index >= 15 is 0 Å². The lowest BCUT2D eigenvalue weighted by Crippen LogP contribution is -2.24. The SMILES string of the molecule is O=C(NCCCOCc1ccccc1)c1ccc(Br)s1. The van der Waals surface area contributed by atoms with Crippen molar-refractivity contribution in [2.45, 2.75) is 13.0 Å². The molecular weight excluding hydrogens is 338 g/mol. The summed E-state index contributed by atoms with van der Waals surface area (Å²) in [6, 6.07) is 13.8. The number of benzene rings is 1. The summed E-state index contributed by atoms with van der Waals surface area (Å²) in [4.78, 5) is 12.5. The van der Waals surface area contributed by atoms with E-state index in [2.05, 4.69) is 21.2 Å². The zero-order valence-corrected chi connectivity index (χ0v) is 13.4. The van der Waals surface area contributed by atoms with Gasteiger partial charge in [-0.2, -0.15) is 0 Å². The van der Waals surface area contributed by atoms with E-state index in [-0.39, 0.29) is 5.91 Å². The Hall–Kier alpha value is -1.17.